The van der Waals surface area contributed by atoms with Crippen molar-refractivity contribution in [1.82, 2.24) is 0 Å². The molecule has 0 aromatic carbocycles. The molecule has 0 aliphatic rings. The SMILES string of the molecule is NC(=O)C[C@H](N)C(O)(O)O. The number of hydrogen-bond acceptors (Lipinski definition) is 5. The van der Waals surface area contributed by atoms with Crippen LogP contribution >= 0.6 is 0 Å². The molecule has 0 aromatic rings. The zero-order valence-corrected chi connectivity index (χ0v) is 5.19. The van der Waals surface area contributed by atoms with Crippen molar-refractivity contribution < 1.29 is 20.1 Å². The molecule has 0 fully saturated rings. The van der Waals surface area contributed by atoms with Gasteiger partial charge in [-0.25, -0.2) is 0 Å². The fraction of sp³-hybridized carbons (Fsp3) is 0.750. The number of amides is 1. The highest BCUT2D eigenvalue weighted by Crippen LogP contribution is 2.01. The van der Waals surface area contributed by atoms with Crippen LogP contribution in [-0.2, 0) is 4.79 Å². The Morgan fingerprint density at radius 3 is 2.00 bits per heavy atom. The Labute approximate surface area is 57.1 Å². The van der Waals surface area contributed by atoms with Crippen molar-refractivity contribution in [3.63, 3.8) is 0 Å². The highest BCUT2D eigenvalue weighted by molar-refractivity contribution is 5.74. The third kappa shape index (κ3) is 3.36. The molecule has 60 valence electrons. The number of aliphatic hydroxyl groups is 3. The summed E-state index contributed by atoms with van der Waals surface area (Å²) in [4.78, 5) is 10.1. The van der Waals surface area contributed by atoms with E-state index in [1.54, 1.807) is 0 Å². The van der Waals surface area contributed by atoms with Crippen molar-refractivity contribution in [2.24, 2.45) is 11.5 Å². The highest BCUT2D eigenvalue weighted by atomic mass is 16.7. The summed E-state index contributed by atoms with van der Waals surface area (Å²) >= 11 is 0. The number of carbonyl (C=O) groups excluding carboxylic acids is 1. The first-order valence-electron chi connectivity index (χ1n) is 2.55. The minimum atomic E-state index is -3.03. The number of nitrogens with two attached hydrogens (primary N) is 2. The maximum atomic E-state index is 10.1. The number of hydrogen-bond donors (Lipinski definition) is 5. The average molecular weight is 150 g/mol. The Morgan fingerprint density at radius 2 is 1.90 bits per heavy atom. The summed E-state index contributed by atoms with van der Waals surface area (Å²) in [5.41, 5.74) is 9.54. The predicted octanol–water partition coefficient (Wildman–Crippen LogP) is -3.18. The first-order valence-corrected chi connectivity index (χ1v) is 2.55. The van der Waals surface area contributed by atoms with Crippen molar-refractivity contribution in [2.45, 2.75) is 18.4 Å². The molecule has 1 atom stereocenters. The van der Waals surface area contributed by atoms with Crippen LogP contribution in [0.5, 0.6) is 0 Å². The van der Waals surface area contributed by atoms with Crippen molar-refractivity contribution in [1.29, 1.82) is 0 Å². The molecule has 0 aliphatic carbocycles. The number of rotatable bonds is 3. The largest absolute Gasteiger partial charge is 0.370 e. The average Bonchev–Trinajstić information content (AvgIpc) is 1.60. The van der Waals surface area contributed by atoms with E-state index in [-0.39, 0.29) is 0 Å². The predicted molar refractivity (Wildman–Crippen MR) is 31.2 cm³/mol. The van der Waals surface area contributed by atoms with E-state index in [0.717, 1.165) is 0 Å². The summed E-state index contributed by atoms with van der Waals surface area (Å²) < 4.78 is 0. The quantitative estimate of drug-likeness (QED) is 0.271. The normalized spacial score (nSPS) is 14.8. The molecule has 6 heteroatoms. The van der Waals surface area contributed by atoms with E-state index in [1.807, 2.05) is 0 Å². The van der Waals surface area contributed by atoms with Crippen LogP contribution in [-0.4, -0.2) is 33.2 Å². The zero-order chi connectivity index (χ0) is 8.36. The Balaban J connectivity index is 3.85. The van der Waals surface area contributed by atoms with Crippen LogP contribution in [0.25, 0.3) is 0 Å². The number of primary amides is 1. The maximum absolute atomic E-state index is 10.1. The third-order valence-corrected chi connectivity index (χ3v) is 0.919. The van der Waals surface area contributed by atoms with E-state index in [1.165, 1.54) is 0 Å². The first-order chi connectivity index (χ1) is 4.34. The van der Waals surface area contributed by atoms with Gasteiger partial charge in [-0.1, -0.05) is 0 Å². The number of carbonyl (C=O) groups is 1. The fourth-order valence-electron chi connectivity index (χ4n) is 0.354. The summed E-state index contributed by atoms with van der Waals surface area (Å²) in [6.07, 6.45) is -0.483. The van der Waals surface area contributed by atoms with Crippen molar-refractivity contribution in [2.75, 3.05) is 0 Å². The van der Waals surface area contributed by atoms with Gasteiger partial charge < -0.3 is 26.8 Å². The third-order valence-electron chi connectivity index (χ3n) is 0.919. The summed E-state index contributed by atoms with van der Waals surface area (Å²) in [6.45, 7) is 0. The Morgan fingerprint density at radius 1 is 1.50 bits per heavy atom. The molecule has 0 radical (unpaired) electrons. The lowest BCUT2D eigenvalue weighted by atomic mass is 10.2. The van der Waals surface area contributed by atoms with Crippen molar-refractivity contribution in [3.05, 3.63) is 0 Å². The molecule has 0 aromatic heterocycles. The lowest BCUT2D eigenvalue weighted by Gasteiger charge is -2.20. The Hall–Kier alpha value is -0.690. The highest BCUT2D eigenvalue weighted by Gasteiger charge is 2.29. The molecule has 0 heterocycles. The van der Waals surface area contributed by atoms with Gasteiger partial charge in [0.05, 0.1) is 6.04 Å². The molecule has 6 nitrogen and oxygen atoms in total. The van der Waals surface area contributed by atoms with E-state index in [9.17, 15) is 4.79 Å². The molecule has 0 aliphatic heterocycles. The molecule has 0 saturated heterocycles. The van der Waals surface area contributed by atoms with Gasteiger partial charge in [0.15, 0.2) is 0 Å². The molecule has 1 amide bonds. The van der Waals surface area contributed by atoms with Crippen molar-refractivity contribution >= 4 is 5.91 Å². The van der Waals surface area contributed by atoms with Crippen LogP contribution in [0.3, 0.4) is 0 Å². The second-order valence-electron chi connectivity index (χ2n) is 1.96. The molecule has 0 unspecified atom stereocenters. The maximum Gasteiger partial charge on any atom is 0.291 e. The topological polar surface area (TPSA) is 130 Å². The van der Waals surface area contributed by atoms with Crippen LogP contribution in [0, 0.1) is 0 Å². The van der Waals surface area contributed by atoms with Crippen LogP contribution in [0.2, 0.25) is 0 Å². The monoisotopic (exact) mass is 150 g/mol. The minimum absolute atomic E-state index is 0.483. The zero-order valence-electron chi connectivity index (χ0n) is 5.19. The molecular formula is C4H10N2O4. The van der Waals surface area contributed by atoms with Gasteiger partial charge in [0.1, 0.15) is 0 Å². The van der Waals surface area contributed by atoms with Gasteiger partial charge in [-0.2, -0.15) is 0 Å². The van der Waals surface area contributed by atoms with Crippen LogP contribution < -0.4 is 11.5 Å². The van der Waals surface area contributed by atoms with Crippen LogP contribution in [0.1, 0.15) is 6.42 Å². The summed E-state index contributed by atoms with van der Waals surface area (Å²) in [7, 11) is 0. The van der Waals surface area contributed by atoms with E-state index in [2.05, 4.69) is 5.73 Å². The van der Waals surface area contributed by atoms with E-state index >= 15 is 0 Å². The second-order valence-corrected chi connectivity index (χ2v) is 1.96. The van der Waals surface area contributed by atoms with Gasteiger partial charge >= 0.3 is 0 Å². The Bertz CT molecular complexity index is 130. The molecular weight excluding hydrogens is 140 g/mol. The van der Waals surface area contributed by atoms with Crippen LogP contribution in [0.15, 0.2) is 0 Å². The first kappa shape index (κ1) is 9.31. The molecule has 10 heavy (non-hydrogen) atoms. The van der Waals surface area contributed by atoms with Gasteiger partial charge in [-0.05, 0) is 0 Å². The van der Waals surface area contributed by atoms with Gasteiger partial charge in [-0.15, -0.1) is 0 Å². The molecule has 0 saturated carbocycles. The van der Waals surface area contributed by atoms with E-state index < -0.39 is 24.3 Å². The lowest BCUT2D eigenvalue weighted by molar-refractivity contribution is -0.322. The fourth-order valence-corrected chi connectivity index (χ4v) is 0.354. The minimum Gasteiger partial charge on any atom is -0.370 e. The lowest BCUT2D eigenvalue weighted by Crippen LogP contribution is -2.49. The molecule has 0 bridgehead atoms. The summed E-state index contributed by atoms with van der Waals surface area (Å²) in [6, 6.07) is -1.47. The standard InChI is InChI=1S/C4H10N2O4/c5-2(1-3(6)7)4(8,9)10/h2,8-10H,1,5H2,(H2,6,7)/t2-/m0/s1. The van der Waals surface area contributed by atoms with E-state index in [4.69, 9.17) is 21.1 Å². The smallest absolute Gasteiger partial charge is 0.291 e. The molecule has 0 spiro atoms. The second kappa shape index (κ2) is 2.93. The summed E-state index contributed by atoms with van der Waals surface area (Å²) in [5.74, 6) is -3.84. The van der Waals surface area contributed by atoms with Gasteiger partial charge in [-0.3, -0.25) is 4.79 Å². The molecule has 7 N–H and O–H groups in total. The van der Waals surface area contributed by atoms with E-state index in [0.29, 0.717) is 0 Å². The van der Waals surface area contributed by atoms with Crippen molar-refractivity contribution in [3.8, 4) is 0 Å². The van der Waals surface area contributed by atoms with Gasteiger partial charge in [0, 0.05) is 6.42 Å². The summed E-state index contributed by atoms with van der Waals surface area (Å²) in [5, 5.41) is 24.9. The van der Waals surface area contributed by atoms with Gasteiger partial charge in [0.2, 0.25) is 5.91 Å². The molecule has 0 rings (SSSR count). The van der Waals surface area contributed by atoms with Crippen LogP contribution in [0.4, 0.5) is 0 Å². The Kier molecular flexibility index (Phi) is 2.73. The van der Waals surface area contributed by atoms with Gasteiger partial charge in [0.25, 0.3) is 5.97 Å².